The zero-order chi connectivity index (χ0) is 18.9. The molecule has 2 heterocycles. The Balaban J connectivity index is 1.46. The molecule has 0 spiro atoms. The molecule has 1 saturated carbocycles. The third-order valence-electron chi connectivity index (χ3n) is 4.85. The van der Waals surface area contributed by atoms with Crippen LogP contribution in [0, 0.1) is 5.92 Å². The van der Waals surface area contributed by atoms with E-state index in [1.54, 1.807) is 6.92 Å². The van der Waals surface area contributed by atoms with Gasteiger partial charge in [0.2, 0.25) is 5.91 Å². The van der Waals surface area contributed by atoms with Crippen LogP contribution < -0.4 is 5.32 Å². The van der Waals surface area contributed by atoms with Gasteiger partial charge in [-0.2, -0.15) is 18.3 Å². The van der Waals surface area contributed by atoms with Crippen molar-refractivity contribution in [3.8, 4) is 0 Å². The maximum atomic E-state index is 12.9. The monoisotopic (exact) mass is 374 g/mol. The molecule has 2 N–H and O–H groups in total. The number of amides is 1. The summed E-state index contributed by atoms with van der Waals surface area (Å²) in [5.74, 6) is -0.510. The van der Waals surface area contributed by atoms with Gasteiger partial charge in [0.1, 0.15) is 0 Å². The average molecular weight is 374 g/mol. The average Bonchev–Trinajstić information content (AvgIpc) is 2.96. The van der Waals surface area contributed by atoms with Crippen molar-refractivity contribution in [2.75, 3.05) is 19.7 Å². The van der Waals surface area contributed by atoms with Gasteiger partial charge >= 0.3 is 12.1 Å². The molecule has 1 aromatic rings. The Morgan fingerprint density at radius 2 is 2.12 bits per heavy atom. The smallest absolute Gasteiger partial charge is 0.435 e. The van der Waals surface area contributed by atoms with E-state index in [9.17, 15) is 22.8 Å². The first-order valence-electron chi connectivity index (χ1n) is 8.60. The van der Waals surface area contributed by atoms with Gasteiger partial charge in [-0.1, -0.05) is 0 Å². The van der Waals surface area contributed by atoms with Crippen molar-refractivity contribution in [3.05, 3.63) is 17.0 Å². The van der Waals surface area contributed by atoms with Crippen molar-refractivity contribution in [2.24, 2.45) is 5.92 Å². The van der Waals surface area contributed by atoms with Gasteiger partial charge in [0.15, 0.2) is 5.69 Å². The molecule has 1 aromatic heterocycles. The van der Waals surface area contributed by atoms with Crippen LogP contribution in [0.15, 0.2) is 0 Å². The molecule has 0 saturated heterocycles. The molecule has 0 bridgehead atoms. The summed E-state index contributed by atoms with van der Waals surface area (Å²) in [5.41, 5.74) is -0.411. The number of nitrogens with one attached hydrogen (secondary N) is 2. The number of H-pyrrole nitrogens is 1. The first-order chi connectivity index (χ1) is 12.3. The topological polar surface area (TPSA) is 87.3 Å². The maximum absolute atomic E-state index is 12.9. The Hall–Kier alpha value is -2.10. The Bertz CT molecular complexity index is 683. The van der Waals surface area contributed by atoms with Crippen LogP contribution in [0.5, 0.6) is 0 Å². The van der Waals surface area contributed by atoms with Crippen LogP contribution >= 0.6 is 0 Å². The van der Waals surface area contributed by atoms with Crippen LogP contribution in [0.1, 0.15) is 36.7 Å². The number of hydrogen-bond acceptors (Lipinski definition) is 5. The number of carbonyl (C=O) groups is 2. The molecular formula is C16H21F3N4O3. The Morgan fingerprint density at radius 3 is 2.77 bits per heavy atom. The number of hydrogen-bond donors (Lipinski definition) is 2. The van der Waals surface area contributed by atoms with Crippen molar-refractivity contribution in [1.29, 1.82) is 0 Å². The first-order valence-corrected chi connectivity index (χ1v) is 8.60. The molecule has 1 aliphatic heterocycles. The number of carbonyl (C=O) groups excluding carboxylic acids is 2. The summed E-state index contributed by atoms with van der Waals surface area (Å²) in [6.07, 6.45) is -3.10. The minimum absolute atomic E-state index is 0.0812. The third-order valence-corrected chi connectivity index (χ3v) is 4.85. The minimum Gasteiger partial charge on any atom is -0.466 e. The zero-order valence-corrected chi connectivity index (χ0v) is 14.4. The second-order valence-corrected chi connectivity index (χ2v) is 6.59. The molecule has 144 valence electrons. The van der Waals surface area contributed by atoms with Crippen molar-refractivity contribution >= 4 is 11.9 Å². The molecule has 3 rings (SSSR count). The van der Waals surface area contributed by atoms with Crippen molar-refractivity contribution in [3.63, 3.8) is 0 Å². The van der Waals surface area contributed by atoms with Crippen molar-refractivity contribution in [1.82, 2.24) is 20.4 Å². The molecule has 10 heteroatoms. The highest BCUT2D eigenvalue weighted by Crippen LogP contribution is 2.33. The summed E-state index contributed by atoms with van der Waals surface area (Å²) in [5, 5.41) is 8.84. The molecule has 1 aliphatic carbocycles. The first kappa shape index (κ1) is 18.7. The lowest BCUT2D eigenvalue weighted by Crippen LogP contribution is -2.49. The highest BCUT2D eigenvalue weighted by molar-refractivity contribution is 5.78. The molecule has 0 atom stereocenters. The number of halogens is 3. The second kappa shape index (κ2) is 7.26. The summed E-state index contributed by atoms with van der Waals surface area (Å²) in [4.78, 5) is 25.3. The molecular weight excluding hydrogens is 353 g/mol. The minimum atomic E-state index is -4.49. The third kappa shape index (κ3) is 3.84. The van der Waals surface area contributed by atoms with Gasteiger partial charge in [0.25, 0.3) is 0 Å². The van der Waals surface area contributed by atoms with E-state index in [2.05, 4.69) is 15.5 Å². The van der Waals surface area contributed by atoms with E-state index in [0.717, 1.165) is 0 Å². The predicted molar refractivity (Wildman–Crippen MR) is 83.9 cm³/mol. The molecule has 0 aromatic carbocycles. The molecule has 0 unspecified atom stereocenters. The van der Waals surface area contributed by atoms with Crippen LogP contribution in [-0.4, -0.2) is 52.7 Å². The highest BCUT2D eigenvalue weighted by atomic mass is 19.4. The number of aromatic nitrogens is 2. The molecule has 7 nitrogen and oxygen atoms in total. The van der Waals surface area contributed by atoms with Crippen LogP contribution in [-0.2, 0) is 33.5 Å². The van der Waals surface area contributed by atoms with E-state index in [-0.39, 0.29) is 55.5 Å². The summed E-state index contributed by atoms with van der Waals surface area (Å²) < 4.78 is 43.5. The maximum Gasteiger partial charge on any atom is 0.435 e. The van der Waals surface area contributed by atoms with Crippen LogP contribution in [0.25, 0.3) is 0 Å². The van der Waals surface area contributed by atoms with Gasteiger partial charge < -0.3 is 15.0 Å². The fraction of sp³-hybridized carbons (Fsp3) is 0.688. The Labute approximate surface area is 148 Å². The van der Waals surface area contributed by atoms with Crippen LogP contribution in [0.3, 0.4) is 0 Å². The SMILES string of the molecule is CCOC(=O)C1CC(NCC(=O)N2CCc3c(C(F)(F)F)n[nH]c3C2)C1. The number of esters is 1. The zero-order valence-electron chi connectivity index (χ0n) is 14.4. The largest absolute Gasteiger partial charge is 0.466 e. The fourth-order valence-electron chi connectivity index (χ4n) is 3.35. The fourth-order valence-corrected chi connectivity index (χ4v) is 3.35. The molecule has 26 heavy (non-hydrogen) atoms. The van der Waals surface area contributed by atoms with Crippen molar-refractivity contribution < 1.29 is 27.5 Å². The predicted octanol–water partition coefficient (Wildman–Crippen LogP) is 1.24. The van der Waals surface area contributed by atoms with E-state index in [1.165, 1.54) is 4.90 Å². The summed E-state index contributed by atoms with van der Waals surface area (Å²) >= 11 is 0. The van der Waals surface area contributed by atoms with E-state index in [1.807, 2.05) is 0 Å². The van der Waals surface area contributed by atoms with E-state index in [0.29, 0.717) is 25.1 Å². The van der Waals surface area contributed by atoms with Gasteiger partial charge in [-0.3, -0.25) is 14.7 Å². The number of nitrogens with zero attached hydrogens (tertiary/aromatic N) is 2. The van der Waals surface area contributed by atoms with Gasteiger partial charge in [0.05, 0.1) is 31.3 Å². The normalized spacial score (nSPS) is 22.5. The van der Waals surface area contributed by atoms with Gasteiger partial charge in [0, 0.05) is 18.2 Å². The molecule has 2 aliphatic rings. The number of aromatic amines is 1. The lowest BCUT2D eigenvalue weighted by molar-refractivity contribution is -0.151. The summed E-state index contributed by atoms with van der Waals surface area (Å²) in [7, 11) is 0. The summed E-state index contributed by atoms with van der Waals surface area (Å²) in [6, 6.07) is 0.0812. The van der Waals surface area contributed by atoms with Crippen molar-refractivity contribution in [2.45, 2.75) is 44.9 Å². The van der Waals surface area contributed by atoms with Gasteiger partial charge in [-0.25, -0.2) is 0 Å². The number of ether oxygens (including phenoxy) is 1. The van der Waals surface area contributed by atoms with E-state index in [4.69, 9.17) is 4.74 Å². The van der Waals surface area contributed by atoms with Crippen LogP contribution in [0.2, 0.25) is 0 Å². The number of rotatable bonds is 5. The number of fused-ring (bicyclic) bond motifs is 1. The van der Waals surface area contributed by atoms with Gasteiger partial charge in [-0.15, -0.1) is 0 Å². The quantitative estimate of drug-likeness (QED) is 0.758. The number of alkyl halides is 3. The summed E-state index contributed by atoms with van der Waals surface area (Å²) in [6.45, 7) is 2.52. The van der Waals surface area contributed by atoms with Crippen LogP contribution in [0.4, 0.5) is 13.2 Å². The Morgan fingerprint density at radius 1 is 1.38 bits per heavy atom. The van der Waals surface area contributed by atoms with E-state index < -0.39 is 11.9 Å². The highest BCUT2D eigenvalue weighted by Gasteiger charge is 2.40. The molecule has 1 fully saturated rings. The molecule has 0 radical (unpaired) electrons. The van der Waals surface area contributed by atoms with E-state index >= 15 is 0 Å². The lowest BCUT2D eigenvalue weighted by Gasteiger charge is -2.35. The standard InChI is InChI=1S/C16H21F3N4O3/c1-2-26-15(25)9-5-10(6-9)20-7-13(24)23-4-3-11-12(8-23)21-22-14(11)16(17,18)19/h9-10,20H,2-8H2,1H3,(H,21,22). The Kier molecular flexibility index (Phi) is 5.22. The molecule has 1 amide bonds. The second-order valence-electron chi connectivity index (χ2n) is 6.59. The lowest BCUT2D eigenvalue weighted by atomic mass is 9.80. The van der Waals surface area contributed by atoms with Gasteiger partial charge in [-0.05, 0) is 26.2 Å².